The van der Waals surface area contributed by atoms with Crippen molar-refractivity contribution in [3.8, 4) is 0 Å². The molecule has 0 heterocycles. The Morgan fingerprint density at radius 1 is 1.69 bits per heavy atom. The van der Waals surface area contributed by atoms with Crippen molar-refractivity contribution >= 4 is 5.97 Å². The van der Waals surface area contributed by atoms with Crippen LogP contribution < -0.4 is 0 Å². The van der Waals surface area contributed by atoms with Crippen LogP contribution in [0.1, 0.15) is 39.5 Å². The van der Waals surface area contributed by atoms with Crippen molar-refractivity contribution in [1.29, 1.82) is 0 Å². The summed E-state index contributed by atoms with van der Waals surface area (Å²) < 4.78 is 4.89. The summed E-state index contributed by atoms with van der Waals surface area (Å²) in [5, 5.41) is 0. The van der Waals surface area contributed by atoms with E-state index in [2.05, 4.69) is 13.0 Å². The molecule has 0 spiro atoms. The highest BCUT2D eigenvalue weighted by Gasteiger charge is 2.13. The van der Waals surface area contributed by atoms with Crippen LogP contribution in [0, 0.1) is 5.92 Å². The third kappa shape index (κ3) is 3.62. The molecule has 1 aliphatic carbocycles. The van der Waals surface area contributed by atoms with Gasteiger partial charge in [0.15, 0.2) is 0 Å². The molecule has 0 aromatic rings. The van der Waals surface area contributed by atoms with E-state index in [-0.39, 0.29) is 5.97 Å². The van der Waals surface area contributed by atoms with Gasteiger partial charge in [-0.2, -0.15) is 0 Å². The zero-order valence-corrected chi connectivity index (χ0v) is 8.51. The quantitative estimate of drug-likeness (QED) is 0.495. The number of esters is 1. The van der Waals surface area contributed by atoms with Crippen molar-refractivity contribution in [2.24, 2.45) is 5.92 Å². The van der Waals surface area contributed by atoms with Gasteiger partial charge in [0.2, 0.25) is 0 Å². The fourth-order valence-electron chi connectivity index (χ4n) is 1.58. The van der Waals surface area contributed by atoms with Crippen LogP contribution >= 0.6 is 0 Å². The highest BCUT2D eigenvalue weighted by molar-refractivity contribution is 5.72. The number of hydrogen-bond donors (Lipinski definition) is 0. The Morgan fingerprint density at radius 3 is 3.00 bits per heavy atom. The molecule has 0 fully saturated rings. The Kier molecular flexibility index (Phi) is 4.00. The average molecular weight is 182 g/mol. The van der Waals surface area contributed by atoms with Crippen LogP contribution in [0.4, 0.5) is 0 Å². The summed E-state index contributed by atoms with van der Waals surface area (Å²) in [4.78, 5) is 11.1. The van der Waals surface area contributed by atoms with Gasteiger partial charge in [0.1, 0.15) is 0 Å². The Balaban J connectivity index is 2.33. The fraction of sp³-hybridized carbons (Fsp3) is 0.727. The van der Waals surface area contributed by atoms with Gasteiger partial charge in [0.05, 0.1) is 13.0 Å². The summed E-state index contributed by atoms with van der Waals surface area (Å²) in [6.07, 6.45) is 6.10. The first-order valence-corrected chi connectivity index (χ1v) is 5.06. The van der Waals surface area contributed by atoms with E-state index < -0.39 is 0 Å². The third-order valence-electron chi connectivity index (χ3n) is 2.44. The first-order valence-electron chi connectivity index (χ1n) is 5.06. The second kappa shape index (κ2) is 5.05. The summed E-state index contributed by atoms with van der Waals surface area (Å²) in [6, 6.07) is 0. The van der Waals surface area contributed by atoms with Crippen LogP contribution in [0.5, 0.6) is 0 Å². The van der Waals surface area contributed by atoms with E-state index in [0.29, 0.717) is 13.0 Å². The number of ether oxygens (including phenoxy) is 1. The molecule has 13 heavy (non-hydrogen) atoms. The van der Waals surface area contributed by atoms with Crippen LogP contribution in [-0.4, -0.2) is 12.6 Å². The fourth-order valence-corrected chi connectivity index (χ4v) is 1.58. The maximum Gasteiger partial charge on any atom is 0.309 e. The van der Waals surface area contributed by atoms with Crippen molar-refractivity contribution < 1.29 is 9.53 Å². The zero-order chi connectivity index (χ0) is 9.68. The molecule has 1 atom stereocenters. The lowest BCUT2D eigenvalue weighted by Crippen LogP contribution is -2.08. The largest absolute Gasteiger partial charge is 0.466 e. The normalized spacial score (nSPS) is 22.3. The molecule has 1 rings (SSSR count). The number of allylic oxidation sites excluding steroid dienone is 1. The minimum absolute atomic E-state index is 0.0803. The van der Waals surface area contributed by atoms with E-state index >= 15 is 0 Å². The van der Waals surface area contributed by atoms with Gasteiger partial charge in [0, 0.05) is 0 Å². The molecular weight excluding hydrogens is 164 g/mol. The maximum absolute atomic E-state index is 11.1. The number of rotatable bonds is 3. The van der Waals surface area contributed by atoms with Gasteiger partial charge in [-0.3, -0.25) is 4.79 Å². The number of hydrogen-bond acceptors (Lipinski definition) is 2. The van der Waals surface area contributed by atoms with Crippen molar-refractivity contribution in [3.05, 3.63) is 11.6 Å². The monoisotopic (exact) mass is 182 g/mol. The minimum atomic E-state index is -0.0803. The summed E-state index contributed by atoms with van der Waals surface area (Å²) in [6.45, 7) is 4.58. The molecule has 0 aliphatic heterocycles. The van der Waals surface area contributed by atoms with Crippen LogP contribution in [0.25, 0.3) is 0 Å². The Bertz CT molecular complexity index is 206. The Labute approximate surface area is 80.0 Å². The smallest absolute Gasteiger partial charge is 0.309 e. The van der Waals surface area contributed by atoms with Crippen LogP contribution in [0.3, 0.4) is 0 Å². The second-order valence-electron chi connectivity index (χ2n) is 3.72. The van der Waals surface area contributed by atoms with Gasteiger partial charge in [-0.15, -0.1) is 0 Å². The molecule has 0 saturated carbocycles. The molecular formula is C11H18O2. The Morgan fingerprint density at radius 2 is 2.46 bits per heavy atom. The van der Waals surface area contributed by atoms with Crippen LogP contribution in [0.15, 0.2) is 11.6 Å². The molecule has 2 nitrogen and oxygen atoms in total. The first-order chi connectivity index (χ1) is 6.22. The van der Waals surface area contributed by atoms with E-state index in [0.717, 1.165) is 18.8 Å². The van der Waals surface area contributed by atoms with Gasteiger partial charge in [-0.1, -0.05) is 18.6 Å². The van der Waals surface area contributed by atoms with E-state index in [9.17, 15) is 4.79 Å². The lowest BCUT2D eigenvalue weighted by atomic mass is 9.90. The molecule has 0 saturated heterocycles. The SMILES string of the molecule is CCOC(=O)CC1=CCC(C)CC1. The predicted molar refractivity (Wildman–Crippen MR) is 52.3 cm³/mol. The maximum atomic E-state index is 11.1. The van der Waals surface area contributed by atoms with Crippen molar-refractivity contribution in [1.82, 2.24) is 0 Å². The van der Waals surface area contributed by atoms with Crippen molar-refractivity contribution in [3.63, 3.8) is 0 Å². The summed E-state index contributed by atoms with van der Waals surface area (Å²) >= 11 is 0. The highest BCUT2D eigenvalue weighted by Crippen LogP contribution is 2.24. The molecule has 1 unspecified atom stereocenters. The topological polar surface area (TPSA) is 26.3 Å². The third-order valence-corrected chi connectivity index (χ3v) is 2.44. The van der Waals surface area contributed by atoms with Gasteiger partial charge in [-0.05, 0) is 32.1 Å². The predicted octanol–water partition coefficient (Wildman–Crippen LogP) is 2.69. The Hall–Kier alpha value is -0.790. The first kappa shape index (κ1) is 10.3. The molecule has 0 aromatic carbocycles. The molecule has 0 bridgehead atoms. The lowest BCUT2D eigenvalue weighted by Gasteiger charge is -2.17. The van der Waals surface area contributed by atoms with Gasteiger partial charge in [0.25, 0.3) is 0 Å². The van der Waals surface area contributed by atoms with Gasteiger partial charge >= 0.3 is 5.97 Å². The molecule has 0 amide bonds. The number of carbonyl (C=O) groups excluding carboxylic acids is 1. The van der Waals surface area contributed by atoms with Crippen LogP contribution in [0.2, 0.25) is 0 Å². The minimum Gasteiger partial charge on any atom is -0.466 e. The highest BCUT2D eigenvalue weighted by atomic mass is 16.5. The summed E-state index contributed by atoms with van der Waals surface area (Å²) in [7, 11) is 0. The average Bonchev–Trinajstić information content (AvgIpc) is 2.09. The zero-order valence-electron chi connectivity index (χ0n) is 8.51. The molecule has 0 aromatic heterocycles. The standard InChI is InChI=1S/C11H18O2/c1-3-13-11(12)8-10-6-4-9(2)5-7-10/h6,9H,3-5,7-8H2,1-2H3. The van der Waals surface area contributed by atoms with Crippen molar-refractivity contribution in [2.75, 3.05) is 6.61 Å². The van der Waals surface area contributed by atoms with Crippen molar-refractivity contribution in [2.45, 2.75) is 39.5 Å². The van der Waals surface area contributed by atoms with Gasteiger partial charge in [-0.25, -0.2) is 0 Å². The molecule has 0 radical (unpaired) electrons. The van der Waals surface area contributed by atoms with E-state index in [1.807, 2.05) is 6.92 Å². The summed E-state index contributed by atoms with van der Waals surface area (Å²) in [5.41, 5.74) is 1.26. The van der Waals surface area contributed by atoms with Gasteiger partial charge < -0.3 is 4.74 Å². The van der Waals surface area contributed by atoms with E-state index in [4.69, 9.17) is 4.74 Å². The molecule has 2 heteroatoms. The summed E-state index contributed by atoms with van der Waals surface area (Å²) in [5.74, 6) is 0.703. The second-order valence-corrected chi connectivity index (χ2v) is 3.72. The molecule has 74 valence electrons. The number of carbonyl (C=O) groups is 1. The van der Waals surface area contributed by atoms with E-state index in [1.54, 1.807) is 0 Å². The molecule has 0 N–H and O–H groups in total. The van der Waals surface area contributed by atoms with E-state index in [1.165, 1.54) is 12.0 Å². The molecule has 1 aliphatic rings. The lowest BCUT2D eigenvalue weighted by molar-refractivity contribution is -0.142. The van der Waals surface area contributed by atoms with Crippen LogP contribution in [-0.2, 0) is 9.53 Å².